The highest BCUT2D eigenvalue weighted by atomic mass is 16.3. The fraction of sp³-hybridized carbons (Fsp3) is 0.417. The van der Waals surface area contributed by atoms with Crippen molar-refractivity contribution in [2.75, 3.05) is 27.2 Å². The molecule has 1 aromatic carbocycles. The summed E-state index contributed by atoms with van der Waals surface area (Å²) >= 11 is 0. The van der Waals surface area contributed by atoms with Crippen molar-refractivity contribution in [2.45, 2.75) is 6.42 Å². The van der Waals surface area contributed by atoms with E-state index in [1.807, 2.05) is 18.3 Å². The van der Waals surface area contributed by atoms with E-state index in [1.54, 1.807) is 12.1 Å². The first kappa shape index (κ1) is 11.7. The molecular weight excluding hydrogens is 188 g/mol. The van der Waals surface area contributed by atoms with Crippen LogP contribution in [0.15, 0.2) is 29.3 Å². The molecule has 0 atom stereocenters. The van der Waals surface area contributed by atoms with Gasteiger partial charge in [0.15, 0.2) is 0 Å². The topological polar surface area (TPSA) is 35.8 Å². The molecule has 0 spiro atoms. The van der Waals surface area contributed by atoms with Gasteiger partial charge in [0.05, 0.1) is 0 Å². The SMILES string of the molecule is CN(C)CCCN=Cc1ccc(O)cc1. The second-order valence-corrected chi connectivity index (χ2v) is 3.78. The predicted molar refractivity (Wildman–Crippen MR) is 63.7 cm³/mol. The van der Waals surface area contributed by atoms with Gasteiger partial charge in [-0.3, -0.25) is 4.99 Å². The molecule has 0 aromatic heterocycles. The Bertz CT molecular complexity index is 304. The maximum atomic E-state index is 9.08. The van der Waals surface area contributed by atoms with Gasteiger partial charge < -0.3 is 10.0 Å². The van der Waals surface area contributed by atoms with Crippen molar-refractivity contribution in [3.05, 3.63) is 29.8 Å². The van der Waals surface area contributed by atoms with E-state index in [-0.39, 0.29) is 0 Å². The van der Waals surface area contributed by atoms with E-state index in [9.17, 15) is 0 Å². The number of aromatic hydroxyl groups is 1. The van der Waals surface area contributed by atoms with E-state index >= 15 is 0 Å². The number of phenols is 1. The van der Waals surface area contributed by atoms with E-state index in [1.165, 1.54) is 0 Å². The molecule has 0 aliphatic heterocycles. The Hall–Kier alpha value is -1.35. The molecule has 1 rings (SSSR count). The first-order chi connectivity index (χ1) is 7.18. The van der Waals surface area contributed by atoms with E-state index in [0.29, 0.717) is 5.75 Å². The third-order valence-corrected chi connectivity index (χ3v) is 2.03. The van der Waals surface area contributed by atoms with Crippen LogP contribution in [0, 0.1) is 0 Å². The third-order valence-electron chi connectivity index (χ3n) is 2.03. The van der Waals surface area contributed by atoms with Crippen LogP contribution in [0.25, 0.3) is 0 Å². The lowest BCUT2D eigenvalue weighted by Gasteiger charge is -2.06. The summed E-state index contributed by atoms with van der Waals surface area (Å²) in [5.74, 6) is 0.291. The minimum atomic E-state index is 0.291. The Morgan fingerprint density at radius 3 is 2.53 bits per heavy atom. The first-order valence-electron chi connectivity index (χ1n) is 5.12. The molecule has 0 aliphatic carbocycles. The van der Waals surface area contributed by atoms with Crippen LogP contribution in [0.5, 0.6) is 5.75 Å². The summed E-state index contributed by atoms with van der Waals surface area (Å²) < 4.78 is 0. The summed E-state index contributed by atoms with van der Waals surface area (Å²) in [6.45, 7) is 1.91. The molecule has 1 aromatic rings. The van der Waals surface area contributed by atoms with Crippen molar-refractivity contribution in [1.82, 2.24) is 4.90 Å². The zero-order valence-electron chi connectivity index (χ0n) is 9.35. The average molecular weight is 206 g/mol. The molecule has 3 heteroatoms. The fourth-order valence-electron chi connectivity index (χ4n) is 1.21. The molecule has 0 bridgehead atoms. The van der Waals surface area contributed by atoms with Crippen molar-refractivity contribution in [3.8, 4) is 5.75 Å². The van der Waals surface area contributed by atoms with Crippen LogP contribution >= 0.6 is 0 Å². The summed E-state index contributed by atoms with van der Waals surface area (Å²) in [6, 6.07) is 7.04. The predicted octanol–water partition coefficient (Wildman–Crippen LogP) is 1.76. The van der Waals surface area contributed by atoms with E-state index in [0.717, 1.165) is 25.1 Å². The van der Waals surface area contributed by atoms with Gasteiger partial charge in [0.25, 0.3) is 0 Å². The Balaban J connectivity index is 2.29. The monoisotopic (exact) mass is 206 g/mol. The van der Waals surface area contributed by atoms with Gasteiger partial charge >= 0.3 is 0 Å². The van der Waals surface area contributed by atoms with Crippen LogP contribution in [0.4, 0.5) is 0 Å². The van der Waals surface area contributed by atoms with E-state index in [2.05, 4.69) is 24.0 Å². The lowest BCUT2D eigenvalue weighted by atomic mass is 10.2. The molecular formula is C12H18N2O. The van der Waals surface area contributed by atoms with Crippen LogP contribution in [0.3, 0.4) is 0 Å². The maximum Gasteiger partial charge on any atom is 0.115 e. The average Bonchev–Trinajstić information content (AvgIpc) is 2.20. The molecule has 1 N–H and O–H groups in total. The van der Waals surface area contributed by atoms with Crippen LogP contribution in [-0.2, 0) is 0 Å². The van der Waals surface area contributed by atoms with Gasteiger partial charge in [0.1, 0.15) is 5.75 Å². The third kappa shape index (κ3) is 5.18. The molecule has 0 radical (unpaired) electrons. The smallest absolute Gasteiger partial charge is 0.115 e. The van der Waals surface area contributed by atoms with Gasteiger partial charge in [-0.1, -0.05) is 0 Å². The normalized spacial score (nSPS) is 11.4. The number of nitrogens with zero attached hydrogens (tertiary/aromatic N) is 2. The summed E-state index contributed by atoms with van der Waals surface area (Å²) in [7, 11) is 4.12. The molecule has 0 amide bonds. The van der Waals surface area contributed by atoms with Crippen molar-refractivity contribution in [1.29, 1.82) is 0 Å². The number of aliphatic imine (C=N–C) groups is 1. The van der Waals surface area contributed by atoms with Gasteiger partial charge in [-0.2, -0.15) is 0 Å². The second-order valence-electron chi connectivity index (χ2n) is 3.78. The zero-order chi connectivity index (χ0) is 11.1. The largest absolute Gasteiger partial charge is 0.508 e. The quantitative estimate of drug-likeness (QED) is 0.588. The molecule has 15 heavy (non-hydrogen) atoms. The Morgan fingerprint density at radius 2 is 1.93 bits per heavy atom. The Kier molecular flexibility index (Phi) is 4.84. The second kappa shape index (κ2) is 6.19. The highest BCUT2D eigenvalue weighted by molar-refractivity contribution is 5.79. The lowest BCUT2D eigenvalue weighted by Crippen LogP contribution is -2.13. The molecule has 0 saturated heterocycles. The van der Waals surface area contributed by atoms with Crippen molar-refractivity contribution in [2.24, 2.45) is 4.99 Å². The molecule has 0 saturated carbocycles. The minimum absolute atomic E-state index is 0.291. The first-order valence-corrected chi connectivity index (χ1v) is 5.12. The van der Waals surface area contributed by atoms with Crippen LogP contribution in [-0.4, -0.2) is 43.4 Å². The minimum Gasteiger partial charge on any atom is -0.508 e. The zero-order valence-corrected chi connectivity index (χ0v) is 9.35. The highest BCUT2D eigenvalue weighted by Crippen LogP contribution is 2.07. The maximum absolute atomic E-state index is 9.08. The van der Waals surface area contributed by atoms with Gasteiger partial charge in [-0.25, -0.2) is 0 Å². The molecule has 82 valence electrons. The number of rotatable bonds is 5. The number of benzene rings is 1. The number of phenolic OH excluding ortho intramolecular Hbond substituents is 1. The van der Waals surface area contributed by atoms with Crippen molar-refractivity contribution < 1.29 is 5.11 Å². The molecule has 0 fully saturated rings. The molecule has 0 aliphatic rings. The van der Waals surface area contributed by atoms with Gasteiger partial charge in [0.2, 0.25) is 0 Å². The molecule has 0 heterocycles. The van der Waals surface area contributed by atoms with Gasteiger partial charge in [-0.15, -0.1) is 0 Å². The Morgan fingerprint density at radius 1 is 1.27 bits per heavy atom. The fourth-order valence-corrected chi connectivity index (χ4v) is 1.21. The Labute approximate surface area is 91.1 Å². The summed E-state index contributed by atoms with van der Waals surface area (Å²) in [5.41, 5.74) is 1.03. The summed E-state index contributed by atoms with van der Waals surface area (Å²) in [6.07, 6.45) is 2.91. The molecule has 3 nitrogen and oxygen atoms in total. The van der Waals surface area contributed by atoms with Crippen LogP contribution in [0.1, 0.15) is 12.0 Å². The van der Waals surface area contributed by atoms with Crippen molar-refractivity contribution in [3.63, 3.8) is 0 Å². The lowest BCUT2D eigenvalue weighted by molar-refractivity contribution is 0.403. The van der Waals surface area contributed by atoms with Gasteiger partial charge in [0, 0.05) is 12.8 Å². The van der Waals surface area contributed by atoms with Gasteiger partial charge in [-0.05, 0) is 56.9 Å². The standard InChI is InChI=1S/C12H18N2O/c1-14(2)9-3-8-13-10-11-4-6-12(15)7-5-11/h4-7,10,15H,3,8-9H2,1-2H3. The highest BCUT2D eigenvalue weighted by Gasteiger charge is 1.90. The summed E-state index contributed by atoms with van der Waals surface area (Å²) in [5, 5.41) is 9.08. The van der Waals surface area contributed by atoms with Crippen LogP contribution in [0.2, 0.25) is 0 Å². The number of hydrogen-bond acceptors (Lipinski definition) is 3. The number of hydrogen-bond donors (Lipinski definition) is 1. The summed E-state index contributed by atoms with van der Waals surface area (Å²) in [4.78, 5) is 6.46. The van der Waals surface area contributed by atoms with Crippen LogP contribution < -0.4 is 0 Å². The van der Waals surface area contributed by atoms with E-state index < -0.39 is 0 Å². The molecule has 0 unspecified atom stereocenters. The van der Waals surface area contributed by atoms with Crippen molar-refractivity contribution >= 4 is 6.21 Å². The van der Waals surface area contributed by atoms with E-state index in [4.69, 9.17) is 5.11 Å².